The zero-order valence-electron chi connectivity index (χ0n) is 11.0. The maximum atomic E-state index is 11.8. The summed E-state index contributed by atoms with van der Waals surface area (Å²) < 4.78 is 5.75. The van der Waals surface area contributed by atoms with E-state index in [4.69, 9.17) is 16.3 Å². The zero-order valence-corrected chi connectivity index (χ0v) is 13.3. The summed E-state index contributed by atoms with van der Waals surface area (Å²) in [5.41, 5.74) is 0.813. The number of amides is 1. The Morgan fingerprint density at radius 2 is 2.26 bits per heavy atom. The minimum atomic E-state index is -0.320. The molecule has 0 radical (unpaired) electrons. The van der Waals surface area contributed by atoms with Crippen LogP contribution in [-0.2, 0) is 9.53 Å². The highest BCUT2D eigenvalue weighted by Gasteiger charge is 2.12. The lowest BCUT2D eigenvalue weighted by atomic mass is 10.2. The number of nitrogens with one attached hydrogen (secondary N) is 2. The minimum Gasteiger partial charge on any atom is -0.385 e. The van der Waals surface area contributed by atoms with Gasteiger partial charge in [-0.3, -0.25) is 4.79 Å². The van der Waals surface area contributed by atoms with E-state index in [2.05, 4.69) is 26.6 Å². The molecule has 1 aromatic carbocycles. The fourth-order valence-corrected chi connectivity index (χ4v) is 1.91. The van der Waals surface area contributed by atoms with Crippen molar-refractivity contribution in [2.24, 2.45) is 0 Å². The lowest BCUT2D eigenvalue weighted by Gasteiger charge is -2.15. The van der Waals surface area contributed by atoms with Crippen molar-refractivity contribution < 1.29 is 9.53 Å². The van der Waals surface area contributed by atoms with E-state index < -0.39 is 0 Å². The zero-order chi connectivity index (χ0) is 14.3. The SMILES string of the molecule is COCCCNC(=O)C(C)Nc1ccc(Br)c(Cl)c1. The molecule has 0 aliphatic carbocycles. The van der Waals surface area contributed by atoms with Crippen molar-refractivity contribution in [2.45, 2.75) is 19.4 Å². The van der Waals surface area contributed by atoms with E-state index in [1.807, 2.05) is 19.1 Å². The van der Waals surface area contributed by atoms with Gasteiger partial charge in [0.25, 0.3) is 0 Å². The molecule has 1 aromatic rings. The first-order valence-corrected chi connectivity index (χ1v) is 7.20. The summed E-state index contributed by atoms with van der Waals surface area (Å²) >= 11 is 9.32. The number of carbonyl (C=O) groups excluding carboxylic acids is 1. The Labute approximate surface area is 127 Å². The Hall–Kier alpha value is -0.780. The average Bonchev–Trinajstić information content (AvgIpc) is 2.38. The molecule has 106 valence electrons. The van der Waals surface area contributed by atoms with Crippen LogP contribution in [0.3, 0.4) is 0 Å². The van der Waals surface area contributed by atoms with E-state index in [9.17, 15) is 4.79 Å². The number of anilines is 1. The van der Waals surface area contributed by atoms with E-state index in [-0.39, 0.29) is 11.9 Å². The van der Waals surface area contributed by atoms with Crippen molar-refractivity contribution in [1.29, 1.82) is 0 Å². The van der Waals surface area contributed by atoms with Crippen LogP contribution in [0.15, 0.2) is 22.7 Å². The van der Waals surface area contributed by atoms with Gasteiger partial charge in [-0.15, -0.1) is 0 Å². The quantitative estimate of drug-likeness (QED) is 0.744. The van der Waals surface area contributed by atoms with Gasteiger partial charge in [-0.05, 0) is 47.5 Å². The highest BCUT2D eigenvalue weighted by atomic mass is 79.9. The Morgan fingerprint density at radius 3 is 2.89 bits per heavy atom. The van der Waals surface area contributed by atoms with Crippen LogP contribution in [0.4, 0.5) is 5.69 Å². The van der Waals surface area contributed by atoms with Crippen molar-refractivity contribution in [2.75, 3.05) is 25.6 Å². The Morgan fingerprint density at radius 1 is 1.53 bits per heavy atom. The molecule has 0 saturated heterocycles. The summed E-state index contributed by atoms with van der Waals surface area (Å²) in [6, 6.07) is 5.17. The molecule has 0 aromatic heterocycles. The monoisotopic (exact) mass is 348 g/mol. The van der Waals surface area contributed by atoms with E-state index in [0.717, 1.165) is 16.6 Å². The predicted molar refractivity (Wildman–Crippen MR) is 81.7 cm³/mol. The van der Waals surface area contributed by atoms with E-state index in [1.165, 1.54) is 0 Å². The van der Waals surface area contributed by atoms with Crippen molar-refractivity contribution >= 4 is 39.1 Å². The lowest BCUT2D eigenvalue weighted by molar-refractivity contribution is -0.121. The highest BCUT2D eigenvalue weighted by molar-refractivity contribution is 9.10. The summed E-state index contributed by atoms with van der Waals surface area (Å²) in [5.74, 6) is -0.0462. The van der Waals surface area contributed by atoms with Crippen molar-refractivity contribution in [3.63, 3.8) is 0 Å². The summed E-state index contributed by atoms with van der Waals surface area (Å²) in [7, 11) is 1.64. The first-order valence-electron chi connectivity index (χ1n) is 6.03. The van der Waals surface area contributed by atoms with Crippen LogP contribution in [-0.4, -0.2) is 32.2 Å². The van der Waals surface area contributed by atoms with Crippen LogP contribution in [0.25, 0.3) is 0 Å². The summed E-state index contributed by atoms with van der Waals surface area (Å²) in [6.07, 6.45) is 0.805. The number of methoxy groups -OCH3 is 1. The average molecular weight is 350 g/mol. The Bertz CT molecular complexity index is 429. The molecule has 1 unspecified atom stereocenters. The van der Waals surface area contributed by atoms with Crippen molar-refractivity contribution in [3.8, 4) is 0 Å². The van der Waals surface area contributed by atoms with Gasteiger partial charge < -0.3 is 15.4 Å². The molecule has 0 aliphatic rings. The summed E-state index contributed by atoms with van der Waals surface area (Å²) in [4.78, 5) is 11.8. The fourth-order valence-electron chi connectivity index (χ4n) is 1.48. The Balaban J connectivity index is 2.42. The first-order chi connectivity index (χ1) is 9.04. The standard InChI is InChI=1S/C13H18BrClN2O2/c1-9(13(18)16-6-3-7-19-2)17-10-4-5-11(14)12(15)8-10/h4-5,8-9,17H,3,6-7H2,1-2H3,(H,16,18). The molecule has 0 spiro atoms. The van der Waals surface area contributed by atoms with Crippen LogP contribution in [0, 0.1) is 0 Å². The van der Waals surface area contributed by atoms with Crippen molar-refractivity contribution in [1.82, 2.24) is 5.32 Å². The smallest absolute Gasteiger partial charge is 0.242 e. The summed E-state index contributed by atoms with van der Waals surface area (Å²) in [6.45, 7) is 3.06. The molecule has 1 amide bonds. The predicted octanol–water partition coefficient (Wildman–Crippen LogP) is 3.06. The van der Waals surface area contributed by atoms with Gasteiger partial charge in [0.15, 0.2) is 0 Å². The molecule has 0 heterocycles. The van der Waals surface area contributed by atoms with Gasteiger partial charge >= 0.3 is 0 Å². The van der Waals surface area contributed by atoms with Crippen LogP contribution in [0.2, 0.25) is 5.02 Å². The largest absolute Gasteiger partial charge is 0.385 e. The van der Waals surface area contributed by atoms with Crippen LogP contribution in [0.1, 0.15) is 13.3 Å². The summed E-state index contributed by atoms with van der Waals surface area (Å²) in [5, 5.41) is 6.55. The maximum Gasteiger partial charge on any atom is 0.242 e. The number of halogens is 2. The molecule has 0 bridgehead atoms. The van der Waals surface area contributed by atoms with Gasteiger partial charge in [-0.1, -0.05) is 11.6 Å². The van der Waals surface area contributed by atoms with Gasteiger partial charge in [-0.2, -0.15) is 0 Å². The van der Waals surface area contributed by atoms with Gasteiger partial charge in [0.2, 0.25) is 5.91 Å². The molecule has 2 N–H and O–H groups in total. The molecular weight excluding hydrogens is 332 g/mol. The number of carbonyl (C=O) groups is 1. The normalized spacial score (nSPS) is 12.0. The molecule has 1 rings (SSSR count). The first kappa shape index (κ1) is 16.3. The van der Waals surface area contributed by atoms with Gasteiger partial charge in [0.1, 0.15) is 6.04 Å². The van der Waals surface area contributed by atoms with Crippen LogP contribution >= 0.6 is 27.5 Å². The topological polar surface area (TPSA) is 50.4 Å². The van der Waals surface area contributed by atoms with Crippen LogP contribution < -0.4 is 10.6 Å². The lowest BCUT2D eigenvalue weighted by Crippen LogP contribution is -2.38. The molecule has 0 saturated carbocycles. The second kappa shape index (κ2) is 8.40. The van der Waals surface area contributed by atoms with E-state index in [1.54, 1.807) is 13.2 Å². The molecule has 0 fully saturated rings. The third-order valence-electron chi connectivity index (χ3n) is 2.52. The molecular formula is C13H18BrClN2O2. The van der Waals surface area contributed by atoms with Gasteiger partial charge in [-0.25, -0.2) is 0 Å². The molecule has 0 aliphatic heterocycles. The number of rotatable bonds is 7. The third kappa shape index (κ3) is 5.80. The number of benzene rings is 1. The molecule has 4 nitrogen and oxygen atoms in total. The second-order valence-corrected chi connectivity index (χ2v) is 5.39. The molecule has 1 atom stereocenters. The number of hydrogen-bond acceptors (Lipinski definition) is 3. The Kier molecular flexibility index (Phi) is 7.20. The van der Waals surface area contributed by atoms with Crippen molar-refractivity contribution in [3.05, 3.63) is 27.7 Å². The van der Waals surface area contributed by atoms with Gasteiger partial charge in [0.05, 0.1) is 5.02 Å². The second-order valence-electron chi connectivity index (χ2n) is 4.13. The fraction of sp³-hybridized carbons (Fsp3) is 0.462. The number of ether oxygens (including phenoxy) is 1. The minimum absolute atomic E-state index is 0.0462. The molecule has 6 heteroatoms. The van der Waals surface area contributed by atoms with E-state index in [0.29, 0.717) is 18.2 Å². The highest BCUT2D eigenvalue weighted by Crippen LogP contribution is 2.25. The maximum absolute atomic E-state index is 11.8. The number of hydrogen-bond donors (Lipinski definition) is 2. The third-order valence-corrected chi connectivity index (χ3v) is 3.75. The van der Waals surface area contributed by atoms with Crippen LogP contribution in [0.5, 0.6) is 0 Å². The molecule has 19 heavy (non-hydrogen) atoms. The van der Waals surface area contributed by atoms with Gasteiger partial charge in [0, 0.05) is 30.4 Å². The van der Waals surface area contributed by atoms with E-state index >= 15 is 0 Å².